The SMILES string of the molecule is Cc1csc(C(C#N)C(=O)COc2cc(Cl)cc(Cl)c2)n1. The van der Waals surface area contributed by atoms with E-state index in [1.165, 1.54) is 11.3 Å². The number of nitrogens with zero attached hydrogens (tertiary/aromatic N) is 2. The van der Waals surface area contributed by atoms with Gasteiger partial charge in [0, 0.05) is 21.1 Å². The van der Waals surface area contributed by atoms with E-state index in [1.54, 1.807) is 23.6 Å². The number of aromatic nitrogens is 1. The zero-order chi connectivity index (χ0) is 15.4. The van der Waals surface area contributed by atoms with Gasteiger partial charge in [0.2, 0.25) is 0 Å². The molecule has 2 rings (SSSR count). The van der Waals surface area contributed by atoms with Gasteiger partial charge in [-0.15, -0.1) is 11.3 Å². The maximum atomic E-state index is 12.1. The smallest absolute Gasteiger partial charge is 0.194 e. The molecule has 0 saturated carbocycles. The minimum atomic E-state index is -0.918. The zero-order valence-corrected chi connectivity index (χ0v) is 13.3. The summed E-state index contributed by atoms with van der Waals surface area (Å²) in [5.41, 5.74) is 0.783. The van der Waals surface area contributed by atoms with Crippen LogP contribution in [0.5, 0.6) is 5.75 Å². The van der Waals surface area contributed by atoms with Crippen LogP contribution >= 0.6 is 34.5 Å². The van der Waals surface area contributed by atoms with Crippen LogP contribution in [0.3, 0.4) is 0 Å². The van der Waals surface area contributed by atoms with Gasteiger partial charge in [0.1, 0.15) is 17.4 Å². The number of carbonyl (C=O) groups excluding carboxylic acids is 1. The van der Waals surface area contributed by atoms with Gasteiger partial charge in [-0.1, -0.05) is 23.2 Å². The first-order valence-electron chi connectivity index (χ1n) is 5.93. The second-order valence-corrected chi connectivity index (χ2v) is 6.01. The van der Waals surface area contributed by atoms with Crippen LogP contribution in [0.25, 0.3) is 0 Å². The lowest BCUT2D eigenvalue weighted by molar-refractivity contribution is -0.121. The van der Waals surface area contributed by atoms with Crippen LogP contribution < -0.4 is 4.74 Å². The minimum Gasteiger partial charge on any atom is -0.486 e. The van der Waals surface area contributed by atoms with Gasteiger partial charge in [-0.3, -0.25) is 4.79 Å². The van der Waals surface area contributed by atoms with Crippen molar-refractivity contribution in [3.8, 4) is 11.8 Å². The van der Waals surface area contributed by atoms with Crippen molar-refractivity contribution in [3.63, 3.8) is 0 Å². The summed E-state index contributed by atoms with van der Waals surface area (Å²) in [5.74, 6) is -0.894. The van der Waals surface area contributed by atoms with Crippen molar-refractivity contribution < 1.29 is 9.53 Å². The summed E-state index contributed by atoms with van der Waals surface area (Å²) in [5, 5.41) is 12.2. The summed E-state index contributed by atoms with van der Waals surface area (Å²) in [7, 11) is 0. The van der Waals surface area contributed by atoms with E-state index in [0.29, 0.717) is 20.8 Å². The highest BCUT2D eigenvalue weighted by atomic mass is 35.5. The molecule has 0 saturated heterocycles. The number of Topliss-reactive ketones (excluding diaryl/α,β-unsaturated/α-hetero) is 1. The lowest BCUT2D eigenvalue weighted by atomic mass is 10.1. The molecule has 0 bridgehead atoms. The van der Waals surface area contributed by atoms with Gasteiger partial charge >= 0.3 is 0 Å². The lowest BCUT2D eigenvalue weighted by Crippen LogP contribution is -2.19. The average Bonchev–Trinajstić information content (AvgIpc) is 2.82. The van der Waals surface area contributed by atoms with Gasteiger partial charge in [-0.2, -0.15) is 5.26 Å². The summed E-state index contributed by atoms with van der Waals surface area (Å²) in [6.07, 6.45) is 0. The van der Waals surface area contributed by atoms with Crippen LogP contribution in [0, 0.1) is 18.3 Å². The number of halogens is 2. The Hall–Kier alpha value is -1.61. The molecular formula is C14H10Cl2N2O2S. The maximum Gasteiger partial charge on any atom is 0.194 e. The molecule has 1 atom stereocenters. The second-order valence-electron chi connectivity index (χ2n) is 4.25. The standard InChI is InChI=1S/C14H10Cl2N2O2S/c1-8-7-21-14(18-8)12(5-17)13(19)6-20-11-3-9(15)2-10(16)4-11/h2-4,7,12H,6H2,1H3. The molecule has 0 spiro atoms. The van der Waals surface area contributed by atoms with Crippen molar-refractivity contribution in [3.05, 3.63) is 44.3 Å². The molecule has 0 radical (unpaired) electrons. The normalized spacial score (nSPS) is 11.7. The Labute approximate surface area is 135 Å². The van der Waals surface area contributed by atoms with Crippen LogP contribution in [0.1, 0.15) is 16.6 Å². The summed E-state index contributed by atoms with van der Waals surface area (Å²) in [6.45, 7) is 1.57. The third-order valence-corrected chi connectivity index (χ3v) is 4.02. The summed E-state index contributed by atoms with van der Waals surface area (Å²) < 4.78 is 5.35. The van der Waals surface area contributed by atoms with E-state index in [0.717, 1.165) is 5.69 Å². The van der Waals surface area contributed by atoms with Crippen molar-refractivity contribution in [2.45, 2.75) is 12.8 Å². The molecule has 21 heavy (non-hydrogen) atoms. The van der Waals surface area contributed by atoms with E-state index < -0.39 is 5.92 Å². The first kappa shape index (κ1) is 15.8. The molecule has 4 nitrogen and oxygen atoms in total. The molecule has 0 aliphatic heterocycles. The molecule has 108 valence electrons. The number of ketones is 1. The van der Waals surface area contributed by atoms with Crippen LogP contribution in [0.4, 0.5) is 0 Å². The van der Waals surface area contributed by atoms with E-state index in [2.05, 4.69) is 4.98 Å². The molecular weight excluding hydrogens is 331 g/mol. The average molecular weight is 341 g/mol. The van der Waals surface area contributed by atoms with Gasteiger partial charge in [-0.25, -0.2) is 4.98 Å². The summed E-state index contributed by atoms with van der Waals surface area (Å²) in [6, 6.07) is 6.62. The number of carbonyl (C=O) groups is 1. The third kappa shape index (κ3) is 4.18. The maximum absolute atomic E-state index is 12.1. The molecule has 0 N–H and O–H groups in total. The Morgan fingerprint density at radius 2 is 2.10 bits per heavy atom. The van der Waals surface area contributed by atoms with Crippen molar-refractivity contribution in [2.24, 2.45) is 0 Å². The molecule has 0 fully saturated rings. The molecule has 0 aliphatic carbocycles. The van der Waals surface area contributed by atoms with E-state index in [-0.39, 0.29) is 12.4 Å². The Kier molecular flexibility index (Phi) is 5.18. The predicted octanol–water partition coefficient (Wildman–Crippen LogP) is 4.01. The Bertz CT molecular complexity index is 689. The van der Waals surface area contributed by atoms with Crippen LogP contribution in [-0.2, 0) is 4.79 Å². The predicted molar refractivity (Wildman–Crippen MR) is 82.2 cm³/mol. The number of rotatable bonds is 5. The number of aryl methyl sites for hydroxylation is 1. The molecule has 0 aliphatic rings. The second kappa shape index (κ2) is 6.90. The Balaban J connectivity index is 2.05. The fraction of sp³-hybridized carbons (Fsp3) is 0.214. The van der Waals surface area contributed by atoms with E-state index in [1.807, 2.05) is 13.0 Å². The molecule has 2 aromatic rings. The fourth-order valence-electron chi connectivity index (χ4n) is 1.62. The number of nitriles is 1. The van der Waals surface area contributed by atoms with Crippen molar-refractivity contribution in [1.82, 2.24) is 4.98 Å². The van der Waals surface area contributed by atoms with Crippen molar-refractivity contribution in [2.75, 3.05) is 6.61 Å². The van der Waals surface area contributed by atoms with E-state index in [4.69, 9.17) is 33.2 Å². The van der Waals surface area contributed by atoms with E-state index >= 15 is 0 Å². The number of hydrogen-bond donors (Lipinski definition) is 0. The van der Waals surface area contributed by atoms with Gasteiger partial charge < -0.3 is 4.74 Å². The van der Waals surface area contributed by atoms with Crippen molar-refractivity contribution in [1.29, 1.82) is 5.26 Å². The van der Waals surface area contributed by atoms with Gasteiger partial charge in [0.05, 0.1) is 6.07 Å². The van der Waals surface area contributed by atoms with Gasteiger partial charge in [0.15, 0.2) is 11.7 Å². The highest BCUT2D eigenvalue weighted by Gasteiger charge is 2.23. The van der Waals surface area contributed by atoms with E-state index in [9.17, 15) is 4.79 Å². The first-order valence-corrected chi connectivity index (χ1v) is 7.56. The number of thiazole rings is 1. The number of ether oxygens (including phenoxy) is 1. The quantitative estimate of drug-likeness (QED) is 0.824. The minimum absolute atomic E-state index is 0.243. The van der Waals surface area contributed by atoms with Crippen molar-refractivity contribution >= 4 is 40.3 Å². The molecule has 7 heteroatoms. The largest absolute Gasteiger partial charge is 0.486 e. The van der Waals surface area contributed by atoms with Crippen LogP contribution in [-0.4, -0.2) is 17.4 Å². The molecule has 1 heterocycles. The first-order chi connectivity index (χ1) is 9.99. The Morgan fingerprint density at radius 1 is 1.43 bits per heavy atom. The number of hydrogen-bond acceptors (Lipinski definition) is 5. The molecule has 1 aromatic carbocycles. The topological polar surface area (TPSA) is 63.0 Å². The lowest BCUT2D eigenvalue weighted by Gasteiger charge is -2.08. The van der Waals surface area contributed by atoms with Crippen LogP contribution in [0.2, 0.25) is 10.0 Å². The summed E-state index contributed by atoms with van der Waals surface area (Å²) >= 11 is 13.0. The molecule has 0 amide bonds. The fourth-order valence-corrected chi connectivity index (χ4v) is 2.99. The summed E-state index contributed by atoms with van der Waals surface area (Å²) in [4.78, 5) is 16.2. The highest BCUT2D eigenvalue weighted by Crippen LogP contribution is 2.25. The van der Waals surface area contributed by atoms with Crippen LogP contribution in [0.15, 0.2) is 23.6 Å². The van der Waals surface area contributed by atoms with Gasteiger partial charge in [0.25, 0.3) is 0 Å². The molecule has 1 aromatic heterocycles. The highest BCUT2D eigenvalue weighted by molar-refractivity contribution is 7.09. The third-order valence-electron chi connectivity index (χ3n) is 2.55. The van der Waals surface area contributed by atoms with Gasteiger partial charge in [-0.05, 0) is 25.1 Å². The monoisotopic (exact) mass is 340 g/mol. The zero-order valence-electron chi connectivity index (χ0n) is 11.0. The molecule has 1 unspecified atom stereocenters. The number of benzene rings is 1. The Morgan fingerprint density at radius 3 is 2.62 bits per heavy atom.